The van der Waals surface area contributed by atoms with Gasteiger partial charge in [0.15, 0.2) is 5.82 Å². The zero-order valence-electron chi connectivity index (χ0n) is 16.8. The summed E-state index contributed by atoms with van der Waals surface area (Å²) < 4.78 is 15.8. The molecule has 1 saturated heterocycles. The lowest BCUT2D eigenvalue weighted by atomic mass is 9.96. The van der Waals surface area contributed by atoms with Gasteiger partial charge in [-0.3, -0.25) is 9.59 Å². The molecule has 1 fully saturated rings. The molecule has 2 amide bonds. The van der Waals surface area contributed by atoms with E-state index in [0.717, 1.165) is 0 Å². The molecule has 0 spiro atoms. The molecule has 8 nitrogen and oxygen atoms in total. The van der Waals surface area contributed by atoms with Crippen molar-refractivity contribution in [3.05, 3.63) is 64.7 Å². The predicted molar refractivity (Wildman–Crippen MR) is 113 cm³/mol. The molecule has 3 aromatic rings. The number of halogens is 2. The van der Waals surface area contributed by atoms with Crippen molar-refractivity contribution in [2.24, 2.45) is 5.92 Å². The Morgan fingerprint density at radius 2 is 1.97 bits per heavy atom. The van der Waals surface area contributed by atoms with Gasteiger partial charge in [0.05, 0.1) is 17.3 Å². The van der Waals surface area contributed by atoms with E-state index in [-0.39, 0.29) is 24.0 Å². The molecule has 1 atom stereocenters. The first kappa shape index (κ1) is 20.9. The van der Waals surface area contributed by atoms with Gasteiger partial charge in [-0.05, 0) is 72.7 Å². The van der Waals surface area contributed by atoms with Crippen molar-refractivity contribution in [3.8, 4) is 5.69 Å². The van der Waals surface area contributed by atoms with Crippen molar-refractivity contribution in [2.75, 3.05) is 18.4 Å². The number of aromatic nitrogens is 4. The molecule has 0 aliphatic carbocycles. The van der Waals surface area contributed by atoms with Crippen LogP contribution in [0.25, 0.3) is 5.69 Å². The van der Waals surface area contributed by atoms with Crippen LogP contribution in [0.1, 0.15) is 29.0 Å². The topological polar surface area (TPSA) is 93.0 Å². The standard InChI is InChI=1S/C21H20ClFN6O2/c1-13-25-26-27-29(13)17-8-9-18(23)19(11-17)24-20(30)15-3-2-10-28(12-15)21(31)14-4-6-16(22)7-5-14/h4-9,11,15H,2-3,10,12H2,1H3,(H,24,30). The first-order valence-corrected chi connectivity index (χ1v) is 10.2. The molecule has 1 aliphatic rings. The lowest BCUT2D eigenvalue weighted by molar-refractivity contribution is -0.121. The lowest BCUT2D eigenvalue weighted by Crippen LogP contribution is -2.43. The highest BCUT2D eigenvalue weighted by atomic mass is 35.5. The Morgan fingerprint density at radius 1 is 1.19 bits per heavy atom. The Hall–Kier alpha value is -3.33. The number of nitrogens with one attached hydrogen (secondary N) is 1. The van der Waals surface area contributed by atoms with Gasteiger partial charge in [0, 0.05) is 23.7 Å². The van der Waals surface area contributed by atoms with Gasteiger partial charge in [0.2, 0.25) is 5.91 Å². The molecular formula is C21H20ClFN6O2. The zero-order valence-corrected chi connectivity index (χ0v) is 17.5. The van der Waals surface area contributed by atoms with Crippen molar-refractivity contribution >= 4 is 29.1 Å². The molecule has 0 radical (unpaired) electrons. The van der Waals surface area contributed by atoms with E-state index in [1.807, 2.05) is 0 Å². The fourth-order valence-corrected chi connectivity index (χ4v) is 3.72. The van der Waals surface area contributed by atoms with Crippen LogP contribution in [0.2, 0.25) is 5.02 Å². The molecule has 2 aromatic carbocycles. The highest BCUT2D eigenvalue weighted by molar-refractivity contribution is 6.30. The van der Waals surface area contributed by atoms with Crippen LogP contribution in [0.5, 0.6) is 0 Å². The van der Waals surface area contributed by atoms with E-state index in [9.17, 15) is 14.0 Å². The number of anilines is 1. The number of aryl methyl sites for hydroxylation is 1. The third-order valence-electron chi connectivity index (χ3n) is 5.25. The van der Waals surface area contributed by atoms with Crippen LogP contribution in [0.15, 0.2) is 42.5 Å². The maximum atomic E-state index is 14.3. The maximum absolute atomic E-state index is 14.3. The summed E-state index contributed by atoms with van der Waals surface area (Å²) in [5.41, 5.74) is 1.09. The average Bonchev–Trinajstić information content (AvgIpc) is 3.21. The summed E-state index contributed by atoms with van der Waals surface area (Å²) in [5, 5.41) is 14.5. The maximum Gasteiger partial charge on any atom is 0.253 e. The molecule has 31 heavy (non-hydrogen) atoms. The summed E-state index contributed by atoms with van der Waals surface area (Å²) in [6.45, 7) is 2.55. The van der Waals surface area contributed by atoms with E-state index >= 15 is 0 Å². The van der Waals surface area contributed by atoms with Gasteiger partial charge in [-0.15, -0.1) is 5.10 Å². The van der Waals surface area contributed by atoms with Crippen LogP contribution >= 0.6 is 11.6 Å². The molecule has 0 saturated carbocycles. The van der Waals surface area contributed by atoms with Crippen LogP contribution in [-0.4, -0.2) is 50.0 Å². The minimum Gasteiger partial charge on any atom is -0.338 e. The highest BCUT2D eigenvalue weighted by Gasteiger charge is 2.29. The summed E-state index contributed by atoms with van der Waals surface area (Å²) in [6, 6.07) is 10.9. The predicted octanol–water partition coefficient (Wildman–Crippen LogP) is 3.25. The molecule has 160 valence electrons. The highest BCUT2D eigenvalue weighted by Crippen LogP contribution is 2.24. The molecule has 4 rings (SSSR count). The Morgan fingerprint density at radius 3 is 2.68 bits per heavy atom. The van der Waals surface area contributed by atoms with E-state index in [1.165, 1.54) is 22.9 Å². The van der Waals surface area contributed by atoms with E-state index in [4.69, 9.17) is 11.6 Å². The number of tetrazole rings is 1. The Bertz CT molecular complexity index is 1120. The molecule has 1 N–H and O–H groups in total. The number of amides is 2. The summed E-state index contributed by atoms with van der Waals surface area (Å²) >= 11 is 5.89. The number of hydrogen-bond donors (Lipinski definition) is 1. The first-order valence-electron chi connectivity index (χ1n) is 9.83. The quantitative estimate of drug-likeness (QED) is 0.669. The minimum atomic E-state index is -0.562. The summed E-state index contributed by atoms with van der Waals surface area (Å²) in [5.74, 6) is -0.960. The molecule has 1 unspecified atom stereocenters. The van der Waals surface area contributed by atoms with Gasteiger partial charge in [-0.1, -0.05) is 11.6 Å². The summed E-state index contributed by atoms with van der Waals surface area (Å²) in [6.07, 6.45) is 1.30. The molecule has 1 aromatic heterocycles. The minimum absolute atomic E-state index is 0.0403. The van der Waals surface area contributed by atoms with Crippen LogP contribution in [0, 0.1) is 18.7 Å². The number of carbonyl (C=O) groups is 2. The largest absolute Gasteiger partial charge is 0.338 e. The van der Waals surface area contributed by atoms with Crippen LogP contribution in [-0.2, 0) is 4.79 Å². The Labute approximate surface area is 183 Å². The van der Waals surface area contributed by atoms with Gasteiger partial charge in [-0.2, -0.15) is 4.68 Å². The zero-order chi connectivity index (χ0) is 22.0. The third-order valence-corrected chi connectivity index (χ3v) is 5.50. The van der Waals surface area contributed by atoms with E-state index in [0.29, 0.717) is 41.5 Å². The second kappa shape index (κ2) is 8.81. The molecule has 0 bridgehead atoms. The Kier molecular flexibility index (Phi) is 5.94. The van der Waals surface area contributed by atoms with Crippen LogP contribution in [0.3, 0.4) is 0 Å². The Balaban J connectivity index is 1.47. The number of rotatable bonds is 4. The van der Waals surface area contributed by atoms with Crippen LogP contribution < -0.4 is 5.32 Å². The van der Waals surface area contributed by atoms with Crippen LogP contribution in [0.4, 0.5) is 10.1 Å². The van der Waals surface area contributed by atoms with E-state index in [2.05, 4.69) is 20.8 Å². The molecule has 2 heterocycles. The van der Waals surface area contributed by atoms with Gasteiger partial charge in [0.25, 0.3) is 5.91 Å². The van der Waals surface area contributed by atoms with E-state index in [1.54, 1.807) is 36.1 Å². The number of piperidine rings is 1. The van der Waals surface area contributed by atoms with Gasteiger partial charge < -0.3 is 10.2 Å². The molecule has 1 aliphatic heterocycles. The molecular weight excluding hydrogens is 423 g/mol. The number of carbonyl (C=O) groups excluding carboxylic acids is 2. The average molecular weight is 443 g/mol. The second-order valence-corrected chi connectivity index (χ2v) is 7.82. The smallest absolute Gasteiger partial charge is 0.253 e. The molecule has 10 heteroatoms. The number of nitrogens with zero attached hydrogens (tertiary/aromatic N) is 5. The van der Waals surface area contributed by atoms with Crippen molar-refractivity contribution in [2.45, 2.75) is 19.8 Å². The lowest BCUT2D eigenvalue weighted by Gasteiger charge is -2.32. The number of benzene rings is 2. The van der Waals surface area contributed by atoms with Crippen molar-refractivity contribution in [1.29, 1.82) is 0 Å². The van der Waals surface area contributed by atoms with E-state index < -0.39 is 11.7 Å². The van der Waals surface area contributed by atoms with Crippen molar-refractivity contribution < 1.29 is 14.0 Å². The monoisotopic (exact) mass is 442 g/mol. The fraction of sp³-hybridized carbons (Fsp3) is 0.286. The van der Waals surface area contributed by atoms with Gasteiger partial charge in [0.1, 0.15) is 5.82 Å². The number of likely N-dealkylation sites (tertiary alicyclic amines) is 1. The fourth-order valence-electron chi connectivity index (χ4n) is 3.60. The SMILES string of the molecule is Cc1nnnn1-c1ccc(F)c(NC(=O)C2CCCN(C(=O)c3ccc(Cl)cc3)C2)c1. The summed E-state index contributed by atoms with van der Waals surface area (Å²) in [4.78, 5) is 27.3. The third kappa shape index (κ3) is 4.56. The second-order valence-electron chi connectivity index (χ2n) is 7.39. The first-order chi connectivity index (χ1) is 14.9. The van der Waals surface area contributed by atoms with Crippen molar-refractivity contribution in [1.82, 2.24) is 25.1 Å². The normalized spacial score (nSPS) is 16.2. The van der Waals surface area contributed by atoms with Gasteiger partial charge in [-0.25, -0.2) is 4.39 Å². The van der Waals surface area contributed by atoms with Crippen molar-refractivity contribution in [3.63, 3.8) is 0 Å². The van der Waals surface area contributed by atoms with Gasteiger partial charge >= 0.3 is 0 Å². The summed E-state index contributed by atoms with van der Waals surface area (Å²) in [7, 11) is 0. The number of hydrogen-bond acceptors (Lipinski definition) is 5.